The molecule has 0 N–H and O–H groups in total. The monoisotopic (exact) mass is 174 g/mol. The molecular weight excluding hydrogens is 160 g/mol. The summed E-state index contributed by atoms with van der Waals surface area (Å²) in [4.78, 5) is 0. The molecule has 0 radical (unpaired) electrons. The van der Waals surface area contributed by atoms with Gasteiger partial charge in [0.15, 0.2) is 0 Å². The number of terminal acetylenes is 1. The standard InChI is InChI=1S/C12H14O/c1-3-11-6-8-12(9-7-11)5-4-10-13-2/h1,6-9H,4-5,10H2,2H3. The van der Waals surface area contributed by atoms with Gasteiger partial charge in [-0.1, -0.05) is 18.1 Å². The van der Waals surface area contributed by atoms with E-state index < -0.39 is 0 Å². The maximum Gasteiger partial charge on any atom is 0.0465 e. The zero-order chi connectivity index (χ0) is 9.52. The Morgan fingerprint density at radius 3 is 2.54 bits per heavy atom. The number of hydrogen-bond donors (Lipinski definition) is 0. The fourth-order valence-electron chi connectivity index (χ4n) is 1.19. The molecule has 1 heteroatoms. The van der Waals surface area contributed by atoms with Crippen molar-refractivity contribution in [1.82, 2.24) is 0 Å². The number of hydrogen-bond acceptors (Lipinski definition) is 1. The van der Waals surface area contributed by atoms with E-state index >= 15 is 0 Å². The van der Waals surface area contributed by atoms with Crippen LogP contribution in [0.25, 0.3) is 0 Å². The van der Waals surface area contributed by atoms with E-state index in [4.69, 9.17) is 11.2 Å². The largest absolute Gasteiger partial charge is 0.385 e. The number of benzene rings is 1. The van der Waals surface area contributed by atoms with Crippen LogP contribution in [0.4, 0.5) is 0 Å². The smallest absolute Gasteiger partial charge is 0.0465 e. The van der Waals surface area contributed by atoms with E-state index in [0.29, 0.717) is 0 Å². The van der Waals surface area contributed by atoms with E-state index in [2.05, 4.69) is 18.1 Å². The minimum atomic E-state index is 0.816. The second-order valence-electron chi connectivity index (χ2n) is 2.94. The highest BCUT2D eigenvalue weighted by molar-refractivity contribution is 5.34. The lowest BCUT2D eigenvalue weighted by Crippen LogP contribution is -1.92. The van der Waals surface area contributed by atoms with Crippen molar-refractivity contribution in [3.63, 3.8) is 0 Å². The van der Waals surface area contributed by atoms with Gasteiger partial charge in [0.2, 0.25) is 0 Å². The molecule has 68 valence electrons. The minimum Gasteiger partial charge on any atom is -0.385 e. The fourth-order valence-corrected chi connectivity index (χ4v) is 1.19. The Balaban J connectivity index is 2.46. The van der Waals surface area contributed by atoms with Crippen LogP contribution in [0.1, 0.15) is 17.5 Å². The molecule has 0 fully saturated rings. The van der Waals surface area contributed by atoms with Crippen LogP contribution in [-0.2, 0) is 11.2 Å². The van der Waals surface area contributed by atoms with Gasteiger partial charge in [0, 0.05) is 19.3 Å². The molecule has 0 aliphatic rings. The van der Waals surface area contributed by atoms with Crippen molar-refractivity contribution in [2.45, 2.75) is 12.8 Å². The Labute approximate surface area is 79.7 Å². The summed E-state index contributed by atoms with van der Waals surface area (Å²) in [6.45, 7) is 0.816. The molecule has 0 aliphatic heterocycles. The highest BCUT2D eigenvalue weighted by Gasteiger charge is 1.92. The summed E-state index contributed by atoms with van der Waals surface area (Å²) < 4.78 is 4.98. The molecule has 1 aromatic rings. The number of methoxy groups -OCH3 is 1. The molecule has 0 saturated heterocycles. The van der Waals surface area contributed by atoms with Crippen LogP contribution in [0.3, 0.4) is 0 Å². The van der Waals surface area contributed by atoms with Gasteiger partial charge < -0.3 is 4.74 Å². The third kappa shape index (κ3) is 3.31. The summed E-state index contributed by atoms with van der Waals surface area (Å²) in [6, 6.07) is 8.10. The van der Waals surface area contributed by atoms with Crippen LogP contribution in [0.5, 0.6) is 0 Å². The molecule has 0 heterocycles. The first-order valence-corrected chi connectivity index (χ1v) is 4.41. The summed E-state index contributed by atoms with van der Waals surface area (Å²) in [7, 11) is 1.72. The lowest BCUT2D eigenvalue weighted by molar-refractivity contribution is 0.195. The third-order valence-electron chi connectivity index (χ3n) is 1.93. The Morgan fingerprint density at radius 2 is 2.00 bits per heavy atom. The first-order valence-electron chi connectivity index (χ1n) is 4.41. The van der Waals surface area contributed by atoms with E-state index in [9.17, 15) is 0 Å². The lowest BCUT2D eigenvalue weighted by atomic mass is 10.1. The molecule has 0 unspecified atom stereocenters. The highest BCUT2D eigenvalue weighted by Crippen LogP contribution is 2.05. The molecule has 0 saturated carbocycles. The molecule has 0 bridgehead atoms. The van der Waals surface area contributed by atoms with Crippen molar-refractivity contribution in [2.24, 2.45) is 0 Å². The van der Waals surface area contributed by atoms with Crippen LogP contribution in [0.15, 0.2) is 24.3 Å². The maximum atomic E-state index is 5.25. The molecule has 1 rings (SSSR count). The van der Waals surface area contributed by atoms with Crippen LogP contribution in [-0.4, -0.2) is 13.7 Å². The van der Waals surface area contributed by atoms with E-state index in [1.54, 1.807) is 7.11 Å². The Kier molecular flexibility index (Phi) is 4.08. The van der Waals surface area contributed by atoms with E-state index in [1.807, 2.05) is 12.1 Å². The van der Waals surface area contributed by atoms with Gasteiger partial charge in [-0.25, -0.2) is 0 Å². The summed E-state index contributed by atoms with van der Waals surface area (Å²) in [5.74, 6) is 2.60. The van der Waals surface area contributed by atoms with Crippen molar-refractivity contribution in [1.29, 1.82) is 0 Å². The average molecular weight is 174 g/mol. The lowest BCUT2D eigenvalue weighted by Gasteiger charge is -2.00. The topological polar surface area (TPSA) is 9.23 Å². The zero-order valence-electron chi connectivity index (χ0n) is 7.92. The molecule has 0 aromatic heterocycles. The quantitative estimate of drug-likeness (QED) is 0.502. The normalized spacial score (nSPS) is 9.54. The van der Waals surface area contributed by atoms with Crippen LogP contribution in [0.2, 0.25) is 0 Å². The van der Waals surface area contributed by atoms with Gasteiger partial charge >= 0.3 is 0 Å². The van der Waals surface area contributed by atoms with Gasteiger partial charge in [0.05, 0.1) is 0 Å². The van der Waals surface area contributed by atoms with Gasteiger partial charge in [-0.3, -0.25) is 0 Å². The number of ether oxygens (including phenoxy) is 1. The molecule has 13 heavy (non-hydrogen) atoms. The fraction of sp³-hybridized carbons (Fsp3) is 0.333. The predicted molar refractivity (Wildman–Crippen MR) is 54.6 cm³/mol. The molecule has 0 atom stereocenters. The summed E-state index contributed by atoms with van der Waals surface area (Å²) in [5.41, 5.74) is 2.26. The third-order valence-corrected chi connectivity index (χ3v) is 1.93. The van der Waals surface area contributed by atoms with Crippen LogP contribution < -0.4 is 0 Å². The number of aryl methyl sites for hydroxylation is 1. The van der Waals surface area contributed by atoms with Gasteiger partial charge in [-0.2, -0.15) is 0 Å². The predicted octanol–water partition coefficient (Wildman–Crippen LogP) is 2.25. The van der Waals surface area contributed by atoms with Gasteiger partial charge in [-0.05, 0) is 30.5 Å². The number of rotatable bonds is 4. The first kappa shape index (κ1) is 9.83. The van der Waals surface area contributed by atoms with Crippen molar-refractivity contribution >= 4 is 0 Å². The van der Waals surface area contributed by atoms with Crippen molar-refractivity contribution in [2.75, 3.05) is 13.7 Å². The minimum absolute atomic E-state index is 0.816. The molecule has 1 aromatic carbocycles. The van der Waals surface area contributed by atoms with Gasteiger partial charge in [0.25, 0.3) is 0 Å². The Bertz CT molecular complexity index is 279. The van der Waals surface area contributed by atoms with Gasteiger partial charge in [0.1, 0.15) is 0 Å². The van der Waals surface area contributed by atoms with E-state index in [1.165, 1.54) is 5.56 Å². The van der Waals surface area contributed by atoms with Crippen LogP contribution in [0, 0.1) is 12.3 Å². The highest BCUT2D eigenvalue weighted by atomic mass is 16.5. The van der Waals surface area contributed by atoms with E-state index in [0.717, 1.165) is 25.0 Å². The van der Waals surface area contributed by atoms with E-state index in [-0.39, 0.29) is 0 Å². The second-order valence-corrected chi connectivity index (χ2v) is 2.94. The van der Waals surface area contributed by atoms with Crippen molar-refractivity contribution < 1.29 is 4.74 Å². The molecule has 0 aliphatic carbocycles. The zero-order valence-corrected chi connectivity index (χ0v) is 7.92. The van der Waals surface area contributed by atoms with Gasteiger partial charge in [-0.15, -0.1) is 6.42 Å². The van der Waals surface area contributed by atoms with Crippen molar-refractivity contribution in [3.8, 4) is 12.3 Å². The maximum absolute atomic E-state index is 5.25. The second kappa shape index (κ2) is 5.40. The molecular formula is C12H14O. The van der Waals surface area contributed by atoms with Crippen molar-refractivity contribution in [3.05, 3.63) is 35.4 Å². The first-order chi connectivity index (χ1) is 6.36. The Morgan fingerprint density at radius 1 is 1.31 bits per heavy atom. The SMILES string of the molecule is C#Cc1ccc(CCCOC)cc1. The summed E-state index contributed by atoms with van der Waals surface area (Å²) in [6.07, 6.45) is 7.37. The summed E-state index contributed by atoms with van der Waals surface area (Å²) in [5, 5.41) is 0. The van der Waals surface area contributed by atoms with Crippen LogP contribution >= 0.6 is 0 Å². The average Bonchev–Trinajstić information content (AvgIpc) is 2.19. The summed E-state index contributed by atoms with van der Waals surface area (Å²) >= 11 is 0. The Hall–Kier alpha value is -1.26. The molecule has 0 amide bonds. The molecule has 1 nitrogen and oxygen atoms in total. The molecule has 0 spiro atoms.